The van der Waals surface area contributed by atoms with Crippen molar-refractivity contribution in [3.8, 4) is 0 Å². The molecule has 0 radical (unpaired) electrons. The van der Waals surface area contributed by atoms with E-state index in [2.05, 4.69) is 25.6 Å². The van der Waals surface area contributed by atoms with Gasteiger partial charge in [-0.15, -0.1) is 0 Å². The van der Waals surface area contributed by atoms with Crippen molar-refractivity contribution in [1.29, 1.82) is 0 Å². The molecule has 2 aromatic rings. The van der Waals surface area contributed by atoms with Crippen molar-refractivity contribution in [3.63, 3.8) is 0 Å². The lowest BCUT2D eigenvalue weighted by atomic mass is 10.2. The van der Waals surface area contributed by atoms with Crippen LogP contribution in [0.3, 0.4) is 0 Å². The molecule has 0 aromatic carbocycles. The molecule has 3 rings (SSSR count). The average molecular weight is 286 g/mol. The quantitative estimate of drug-likeness (QED) is 0.803. The van der Waals surface area contributed by atoms with Crippen LogP contribution in [0.2, 0.25) is 0 Å². The van der Waals surface area contributed by atoms with E-state index in [0.717, 1.165) is 5.69 Å². The van der Waals surface area contributed by atoms with E-state index in [1.807, 2.05) is 6.92 Å². The lowest BCUT2D eigenvalue weighted by Crippen LogP contribution is -2.37. The third-order valence-corrected chi connectivity index (χ3v) is 3.17. The summed E-state index contributed by atoms with van der Waals surface area (Å²) in [5.41, 5.74) is 1.89. The van der Waals surface area contributed by atoms with E-state index in [4.69, 9.17) is 0 Å². The molecule has 0 aliphatic carbocycles. The van der Waals surface area contributed by atoms with Crippen LogP contribution in [0.1, 0.15) is 32.4 Å². The Labute approximate surface area is 120 Å². The highest BCUT2D eigenvalue weighted by Crippen LogP contribution is 2.11. The Kier molecular flexibility index (Phi) is 3.35. The molecule has 0 spiro atoms. The molecule has 8 heteroatoms. The molecule has 21 heavy (non-hydrogen) atoms. The molecule has 108 valence electrons. The third-order valence-electron chi connectivity index (χ3n) is 3.17. The van der Waals surface area contributed by atoms with Crippen LogP contribution in [-0.4, -0.2) is 37.9 Å². The molecule has 0 unspecified atom stereocenters. The zero-order chi connectivity index (χ0) is 14.8. The van der Waals surface area contributed by atoms with Gasteiger partial charge in [-0.25, -0.2) is 4.98 Å². The fourth-order valence-electron chi connectivity index (χ4n) is 2.09. The van der Waals surface area contributed by atoms with Crippen molar-refractivity contribution in [3.05, 3.63) is 41.5 Å². The van der Waals surface area contributed by atoms with Gasteiger partial charge in [-0.1, -0.05) is 0 Å². The highest BCUT2D eigenvalue weighted by Gasteiger charge is 2.26. The largest absolute Gasteiger partial charge is 0.349 e. The summed E-state index contributed by atoms with van der Waals surface area (Å²) < 4.78 is 1.68. The molecule has 0 bridgehead atoms. The number of rotatable bonds is 3. The zero-order valence-electron chi connectivity index (χ0n) is 11.5. The van der Waals surface area contributed by atoms with E-state index in [-0.39, 0.29) is 18.1 Å². The highest BCUT2D eigenvalue weighted by atomic mass is 16.2. The summed E-state index contributed by atoms with van der Waals surface area (Å²) in [7, 11) is 0. The number of aryl methyl sites for hydroxylation is 1. The normalized spacial score (nSPS) is 13.5. The summed E-state index contributed by atoms with van der Waals surface area (Å²) in [4.78, 5) is 36.2. The number of nitrogens with zero attached hydrogens (tertiary/aromatic N) is 4. The molecule has 0 saturated carbocycles. The van der Waals surface area contributed by atoms with Crippen LogP contribution in [0.4, 0.5) is 0 Å². The van der Waals surface area contributed by atoms with Crippen LogP contribution in [-0.2, 0) is 13.1 Å². The van der Waals surface area contributed by atoms with Crippen LogP contribution >= 0.6 is 0 Å². The molecular weight excluding hydrogens is 272 g/mol. The van der Waals surface area contributed by atoms with Gasteiger partial charge in [0, 0.05) is 19.3 Å². The Bertz CT molecular complexity index is 691. The van der Waals surface area contributed by atoms with Crippen LogP contribution in [0.5, 0.6) is 0 Å². The van der Waals surface area contributed by atoms with Crippen molar-refractivity contribution in [1.82, 2.24) is 30.2 Å². The van der Waals surface area contributed by atoms with Crippen LogP contribution in [0.15, 0.2) is 18.7 Å². The maximum absolute atomic E-state index is 12.1. The number of nitrogens with one attached hydrogen (secondary N) is 2. The Morgan fingerprint density at radius 3 is 3.00 bits per heavy atom. The fourth-order valence-corrected chi connectivity index (χ4v) is 2.09. The first kappa shape index (κ1) is 13.2. The van der Waals surface area contributed by atoms with Crippen LogP contribution in [0, 0.1) is 6.92 Å². The van der Waals surface area contributed by atoms with Gasteiger partial charge in [0.05, 0.1) is 30.5 Å². The van der Waals surface area contributed by atoms with Crippen molar-refractivity contribution in [2.75, 3.05) is 6.54 Å². The van der Waals surface area contributed by atoms with Gasteiger partial charge in [-0.05, 0) is 6.92 Å². The van der Waals surface area contributed by atoms with Gasteiger partial charge >= 0.3 is 0 Å². The first-order valence-electron chi connectivity index (χ1n) is 6.54. The molecule has 2 amide bonds. The molecule has 0 fully saturated rings. The molecule has 0 atom stereocenters. The molecule has 0 saturated heterocycles. The van der Waals surface area contributed by atoms with Crippen LogP contribution < -0.4 is 10.6 Å². The van der Waals surface area contributed by atoms with E-state index in [1.165, 1.54) is 6.33 Å². The molecule has 2 N–H and O–H groups in total. The molecular formula is C13H14N6O2. The summed E-state index contributed by atoms with van der Waals surface area (Å²) in [5, 5.41) is 5.39. The predicted octanol–water partition coefficient (Wildman–Crippen LogP) is -0.345. The number of carbonyl (C=O) groups excluding carboxylic acids is 2. The maximum atomic E-state index is 12.1. The van der Waals surface area contributed by atoms with Gasteiger partial charge in [0.1, 0.15) is 5.69 Å². The monoisotopic (exact) mass is 286 g/mol. The summed E-state index contributed by atoms with van der Waals surface area (Å²) in [6.07, 6.45) is 4.74. The van der Waals surface area contributed by atoms with Gasteiger partial charge in [0.15, 0.2) is 5.69 Å². The average Bonchev–Trinajstić information content (AvgIpc) is 2.92. The second-order valence-electron chi connectivity index (χ2n) is 4.72. The van der Waals surface area contributed by atoms with Crippen molar-refractivity contribution in [2.45, 2.75) is 20.0 Å². The number of imidazole rings is 1. The smallest absolute Gasteiger partial charge is 0.272 e. The summed E-state index contributed by atoms with van der Waals surface area (Å²) >= 11 is 0. The Morgan fingerprint density at radius 1 is 1.38 bits per heavy atom. The Morgan fingerprint density at radius 2 is 2.24 bits per heavy atom. The van der Waals surface area contributed by atoms with Gasteiger partial charge in [-0.3, -0.25) is 19.6 Å². The lowest BCUT2D eigenvalue weighted by Gasteiger charge is -2.15. The molecule has 2 aromatic heterocycles. The number of carbonyl (C=O) groups is 2. The summed E-state index contributed by atoms with van der Waals surface area (Å²) in [6.45, 7) is 3.23. The number of hydrogen-bond donors (Lipinski definition) is 2. The number of fused-ring (bicyclic) bond motifs is 1. The fraction of sp³-hybridized carbons (Fsp3) is 0.308. The summed E-state index contributed by atoms with van der Waals surface area (Å²) in [6, 6.07) is 0. The minimum Gasteiger partial charge on any atom is -0.349 e. The molecule has 8 nitrogen and oxygen atoms in total. The zero-order valence-corrected chi connectivity index (χ0v) is 11.5. The first-order valence-corrected chi connectivity index (χ1v) is 6.54. The minimum absolute atomic E-state index is 0.132. The minimum atomic E-state index is -0.400. The van der Waals surface area contributed by atoms with E-state index in [1.54, 1.807) is 17.0 Å². The lowest BCUT2D eigenvalue weighted by molar-refractivity contribution is 0.0898. The third kappa shape index (κ3) is 2.60. The van der Waals surface area contributed by atoms with E-state index in [0.29, 0.717) is 24.5 Å². The molecule has 3 heterocycles. The van der Waals surface area contributed by atoms with Crippen molar-refractivity contribution >= 4 is 11.8 Å². The van der Waals surface area contributed by atoms with Gasteiger partial charge in [-0.2, -0.15) is 0 Å². The molecule has 1 aliphatic rings. The van der Waals surface area contributed by atoms with E-state index < -0.39 is 5.91 Å². The Hall–Kier alpha value is -2.77. The maximum Gasteiger partial charge on any atom is 0.272 e. The highest BCUT2D eigenvalue weighted by molar-refractivity contribution is 6.05. The van der Waals surface area contributed by atoms with Crippen molar-refractivity contribution in [2.24, 2.45) is 0 Å². The molecule has 1 aliphatic heterocycles. The number of aromatic nitrogens is 4. The second-order valence-corrected chi connectivity index (χ2v) is 4.72. The van der Waals surface area contributed by atoms with Gasteiger partial charge in [0.2, 0.25) is 0 Å². The SMILES string of the molecule is Cc1cnc(CNC(=O)c2ncn3c2C(=O)NCC3)cn1. The van der Waals surface area contributed by atoms with E-state index >= 15 is 0 Å². The topological polar surface area (TPSA) is 102 Å². The summed E-state index contributed by atoms with van der Waals surface area (Å²) in [5.74, 6) is -0.679. The van der Waals surface area contributed by atoms with E-state index in [9.17, 15) is 9.59 Å². The number of amides is 2. The van der Waals surface area contributed by atoms with Crippen molar-refractivity contribution < 1.29 is 9.59 Å². The van der Waals surface area contributed by atoms with Gasteiger partial charge in [0.25, 0.3) is 11.8 Å². The predicted molar refractivity (Wildman–Crippen MR) is 72.5 cm³/mol. The van der Waals surface area contributed by atoms with Crippen LogP contribution in [0.25, 0.3) is 0 Å². The first-order chi connectivity index (χ1) is 10.1. The standard InChI is InChI=1S/C13H14N6O2/c1-8-4-16-9(5-15-8)6-17-12(20)10-11-13(21)14-2-3-19(11)7-18-10/h4-5,7H,2-3,6H2,1H3,(H,14,21)(H,17,20). The Balaban J connectivity index is 1.73. The van der Waals surface area contributed by atoms with Gasteiger partial charge < -0.3 is 15.2 Å². The second kappa shape index (κ2) is 5.31. The number of hydrogen-bond acceptors (Lipinski definition) is 5.